The molecular weight excluding hydrogens is 521 g/mol. The third-order valence-corrected chi connectivity index (χ3v) is 8.73. The van der Waals surface area contributed by atoms with Crippen molar-refractivity contribution in [3.63, 3.8) is 0 Å². The minimum Gasteiger partial charge on any atom is -0.588 e. The maximum absolute atomic E-state index is 14.0. The van der Waals surface area contributed by atoms with Crippen molar-refractivity contribution >= 4 is 28.8 Å². The largest absolute Gasteiger partial charge is 0.588 e. The van der Waals surface area contributed by atoms with Crippen molar-refractivity contribution in [2.45, 2.75) is 30.1 Å². The highest BCUT2D eigenvalue weighted by Gasteiger charge is 2.45. The van der Waals surface area contributed by atoms with Gasteiger partial charge in [-0.3, -0.25) is 9.80 Å². The number of benzene rings is 3. The fraction of sp³-hybridized carbons (Fsp3) is 0.333. The topological polar surface area (TPSA) is 44.8 Å². The first-order chi connectivity index (χ1) is 18.7. The molecule has 3 aromatic rings. The molecule has 206 valence electrons. The molecule has 1 N–H and O–H groups in total. The molecule has 2 aliphatic rings. The number of hydrogen-bond donors (Lipinski definition) is 1. The number of fused-ring (bicyclic) bond motifs is 1. The van der Waals surface area contributed by atoms with E-state index in [9.17, 15) is 17.7 Å². The number of hydrogen-bond acceptors (Lipinski definition) is 5. The van der Waals surface area contributed by atoms with Gasteiger partial charge in [0.25, 0.3) is 0 Å². The van der Waals surface area contributed by atoms with E-state index in [-0.39, 0.29) is 11.6 Å². The lowest BCUT2D eigenvalue weighted by molar-refractivity contribution is -0.191. The van der Waals surface area contributed by atoms with Crippen molar-refractivity contribution in [2.24, 2.45) is 0 Å². The predicted octanol–water partition coefficient (Wildman–Crippen LogP) is 6.27. The zero-order valence-electron chi connectivity index (χ0n) is 22.1. The van der Waals surface area contributed by atoms with Crippen LogP contribution >= 0.6 is 0 Å². The molecular formula is C30H33F3N4OS. The molecule has 9 heteroatoms. The summed E-state index contributed by atoms with van der Waals surface area (Å²) < 4.78 is 58.2. The van der Waals surface area contributed by atoms with Crippen LogP contribution in [-0.4, -0.2) is 60.3 Å². The van der Waals surface area contributed by atoms with Gasteiger partial charge in [-0.25, -0.2) is 4.72 Å². The Balaban J connectivity index is 1.21. The number of piperazine rings is 1. The molecule has 0 spiro atoms. The van der Waals surface area contributed by atoms with Crippen LogP contribution < -0.4 is 9.62 Å². The molecule has 3 aromatic carbocycles. The average molecular weight is 555 g/mol. The lowest BCUT2D eigenvalue weighted by atomic mass is 10.0. The highest BCUT2D eigenvalue weighted by Crippen LogP contribution is 2.39. The van der Waals surface area contributed by atoms with E-state index in [1.807, 2.05) is 49.5 Å². The van der Waals surface area contributed by atoms with Crippen molar-refractivity contribution in [3.05, 3.63) is 95.6 Å². The van der Waals surface area contributed by atoms with E-state index in [1.54, 1.807) is 30.3 Å². The maximum Gasteiger partial charge on any atom is 0.408 e. The summed E-state index contributed by atoms with van der Waals surface area (Å²) in [6.45, 7) is 4.62. The summed E-state index contributed by atoms with van der Waals surface area (Å²) >= 11 is -1.43. The molecule has 0 saturated carbocycles. The number of anilines is 2. The molecule has 3 atom stereocenters. The number of halogens is 3. The summed E-state index contributed by atoms with van der Waals surface area (Å²) in [7, 11) is 1.99. The van der Waals surface area contributed by atoms with Gasteiger partial charge in [0.1, 0.15) is 23.1 Å². The first-order valence-electron chi connectivity index (χ1n) is 13.1. The van der Waals surface area contributed by atoms with Crippen LogP contribution in [0.4, 0.5) is 24.5 Å². The Morgan fingerprint density at radius 3 is 2.18 bits per heavy atom. The zero-order chi connectivity index (χ0) is 27.6. The molecule has 0 aromatic heterocycles. The van der Waals surface area contributed by atoms with E-state index in [0.29, 0.717) is 26.2 Å². The van der Waals surface area contributed by atoms with Crippen LogP contribution in [-0.2, 0) is 11.4 Å². The van der Waals surface area contributed by atoms with Gasteiger partial charge in [-0.05, 0) is 36.2 Å². The molecule has 5 nitrogen and oxygen atoms in total. The number of rotatable bonds is 7. The van der Waals surface area contributed by atoms with Crippen LogP contribution in [0, 0.1) is 0 Å². The van der Waals surface area contributed by atoms with Gasteiger partial charge in [-0.15, -0.1) is 0 Å². The third-order valence-electron chi connectivity index (χ3n) is 7.58. The molecule has 2 heterocycles. The maximum atomic E-state index is 14.0. The van der Waals surface area contributed by atoms with E-state index < -0.39 is 23.6 Å². The van der Waals surface area contributed by atoms with Gasteiger partial charge in [-0.1, -0.05) is 66.7 Å². The molecule has 5 rings (SSSR count). The smallest absolute Gasteiger partial charge is 0.408 e. The SMILES string of the molecule is CC(c1ccc(N[S+]([O-])c2cccc3c2N(C)CC=C3)cc1)N1CCN(C(c2ccccc2)C(F)(F)F)CC1. The first-order valence-corrected chi connectivity index (χ1v) is 14.3. The summed E-state index contributed by atoms with van der Waals surface area (Å²) in [6, 6.07) is 20.2. The number of nitrogens with one attached hydrogen (secondary N) is 1. The fourth-order valence-corrected chi connectivity index (χ4v) is 6.60. The summed E-state index contributed by atoms with van der Waals surface area (Å²) in [5, 5.41) is 0. The van der Waals surface area contributed by atoms with Crippen LogP contribution in [0.15, 0.2) is 83.8 Å². The molecule has 2 aliphatic heterocycles. The molecule has 0 radical (unpaired) electrons. The van der Waals surface area contributed by atoms with Crippen molar-refractivity contribution in [1.82, 2.24) is 9.80 Å². The van der Waals surface area contributed by atoms with Gasteiger partial charge in [0.15, 0.2) is 0 Å². The minimum atomic E-state index is -4.33. The minimum absolute atomic E-state index is 0.0503. The second-order valence-corrected chi connectivity index (χ2v) is 11.3. The number of nitrogens with zero attached hydrogens (tertiary/aromatic N) is 3. The number of likely N-dealkylation sites (N-methyl/N-ethyl adjacent to an activating group) is 1. The second kappa shape index (κ2) is 11.6. The lowest BCUT2D eigenvalue weighted by Crippen LogP contribution is -2.51. The molecule has 1 saturated heterocycles. The molecule has 1 fully saturated rings. The van der Waals surface area contributed by atoms with Crippen LogP contribution in [0.2, 0.25) is 0 Å². The van der Waals surface area contributed by atoms with Gasteiger partial charge in [0.05, 0.1) is 5.69 Å². The zero-order valence-corrected chi connectivity index (χ0v) is 22.9. The van der Waals surface area contributed by atoms with Gasteiger partial charge in [-0.2, -0.15) is 13.2 Å². The Morgan fingerprint density at radius 1 is 0.846 bits per heavy atom. The molecule has 0 aliphatic carbocycles. The predicted molar refractivity (Wildman–Crippen MR) is 152 cm³/mol. The summed E-state index contributed by atoms with van der Waals surface area (Å²) in [4.78, 5) is 6.58. The van der Waals surface area contributed by atoms with Gasteiger partial charge < -0.3 is 9.45 Å². The fourth-order valence-electron chi connectivity index (χ4n) is 5.49. The van der Waals surface area contributed by atoms with Crippen LogP contribution in [0.3, 0.4) is 0 Å². The Hall–Kier alpha value is -2.98. The summed E-state index contributed by atoms with van der Waals surface area (Å²) in [5.41, 5.74) is 4.11. The Morgan fingerprint density at radius 2 is 1.51 bits per heavy atom. The normalized spacial score (nSPS) is 18.9. The Kier molecular flexibility index (Phi) is 8.23. The van der Waals surface area contributed by atoms with Crippen LogP contribution in [0.25, 0.3) is 6.08 Å². The second-order valence-electron chi connectivity index (χ2n) is 10.1. The lowest BCUT2D eigenvalue weighted by Gasteiger charge is -2.42. The van der Waals surface area contributed by atoms with Gasteiger partial charge in [0, 0.05) is 51.4 Å². The molecule has 3 unspecified atom stereocenters. The van der Waals surface area contributed by atoms with E-state index in [2.05, 4.69) is 33.6 Å². The van der Waals surface area contributed by atoms with Crippen molar-refractivity contribution in [3.8, 4) is 0 Å². The highest BCUT2D eigenvalue weighted by atomic mass is 32.2. The Labute approximate surface area is 231 Å². The first kappa shape index (κ1) is 27.6. The van der Waals surface area contributed by atoms with Gasteiger partial charge in [0.2, 0.25) is 4.90 Å². The standard InChI is InChI=1S/C30H33F3N4OS/c1-22(36-18-20-37(21-19-36)29(30(31,32)33)25-8-4-3-5-9-25)23-13-15-26(16-14-23)34-39(38)27-12-6-10-24-11-7-17-35(2)28(24)27/h3-16,22,29,34H,17-21H2,1-2H3. The van der Waals surface area contributed by atoms with Crippen LogP contribution in [0.1, 0.15) is 35.7 Å². The number of alkyl halides is 3. The van der Waals surface area contributed by atoms with E-state index in [4.69, 9.17) is 0 Å². The van der Waals surface area contributed by atoms with E-state index >= 15 is 0 Å². The molecule has 0 bridgehead atoms. The van der Waals surface area contributed by atoms with Crippen LogP contribution in [0.5, 0.6) is 0 Å². The monoisotopic (exact) mass is 554 g/mol. The number of para-hydroxylation sites is 1. The highest BCUT2D eigenvalue weighted by molar-refractivity contribution is 7.92. The average Bonchev–Trinajstić information content (AvgIpc) is 2.93. The molecule has 0 amide bonds. The summed E-state index contributed by atoms with van der Waals surface area (Å²) in [5.74, 6) is 0. The van der Waals surface area contributed by atoms with Gasteiger partial charge >= 0.3 is 6.18 Å². The van der Waals surface area contributed by atoms with Crippen molar-refractivity contribution < 1.29 is 17.7 Å². The van der Waals surface area contributed by atoms with E-state index in [1.165, 1.54) is 4.90 Å². The van der Waals surface area contributed by atoms with Crippen molar-refractivity contribution in [1.29, 1.82) is 0 Å². The molecule has 39 heavy (non-hydrogen) atoms. The third kappa shape index (κ3) is 6.11. The van der Waals surface area contributed by atoms with Crippen molar-refractivity contribution in [2.75, 3.05) is 49.4 Å². The van der Waals surface area contributed by atoms with E-state index in [0.717, 1.165) is 33.9 Å². The Bertz CT molecular complexity index is 1280. The quantitative estimate of drug-likeness (QED) is 0.349. The summed E-state index contributed by atoms with van der Waals surface area (Å²) in [6.07, 6.45) is -0.194.